The summed E-state index contributed by atoms with van der Waals surface area (Å²) in [6.45, 7) is 4.38. The summed E-state index contributed by atoms with van der Waals surface area (Å²) in [5.74, 6) is 0. The van der Waals surface area contributed by atoms with Gasteiger partial charge in [-0.05, 0) is 40.8 Å². The maximum absolute atomic E-state index is 10.2. The Balaban J connectivity index is 0.000000232. The molecule has 0 aliphatic carbocycles. The number of carbonyl (C=O) groups is 2. The van der Waals surface area contributed by atoms with Crippen molar-refractivity contribution in [2.75, 3.05) is 6.61 Å². The van der Waals surface area contributed by atoms with E-state index >= 15 is 0 Å². The monoisotopic (exact) mass is 349 g/mol. The van der Waals surface area contributed by atoms with Gasteiger partial charge >= 0.3 is 6.09 Å². The Hall–Kier alpha value is -3.14. The summed E-state index contributed by atoms with van der Waals surface area (Å²) >= 11 is 0. The number of rotatable bonds is 4. The molecule has 3 aromatic rings. The highest BCUT2D eigenvalue weighted by molar-refractivity contribution is 5.97. The number of imide groups is 1. The number of alkyl carbamates (subject to hydrolysis) is 1. The molecule has 4 nitrogen and oxygen atoms in total. The lowest BCUT2D eigenvalue weighted by molar-refractivity contribution is -0.109. The van der Waals surface area contributed by atoms with Gasteiger partial charge in [0, 0.05) is 0 Å². The molecule has 0 atom stereocenters. The Labute approximate surface area is 153 Å². The van der Waals surface area contributed by atoms with Crippen molar-refractivity contribution in [3.63, 3.8) is 0 Å². The van der Waals surface area contributed by atoms with Crippen LogP contribution in [0.3, 0.4) is 0 Å². The van der Waals surface area contributed by atoms with Crippen LogP contribution in [0, 0.1) is 6.92 Å². The highest BCUT2D eigenvalue weighted by Gasteiger charge is 2.04. The van der Waals surface area contributed by atoms with Gasteiger partial charge in [0.05, 0.1) is 6.61 Å². The predicted octanol–water partition coefficient (Wildman–Crippen LogP) is 5.09. The molecule has 0 bridgehead atoms. The minimum atomic E-state index is -0.688. The molecule has 1 N–H and O–H groups in total. The SMILES string of the molecule is CCCOC(=O)NC=O.Cc1ccccc1-c1cccc2ccccc12. The van der Waals surface area contributed by atoms with Crippen LogP contribution in [0.25, 0.3) is 21.9 Å². The Morgan fingerprint density at radius 1 is 0.962 bits per heavy atom. The molecular weight excluding hydrogens is 326 g/mol. The van der Waals surface area contributed by atoms with Crippen molar-refractivity contribution >= 4 is 23.3 Å². The zero-order valence-electron chi connectivity index (χ0n) is 15.1. The second-order valence-corrected chi connectivity index (χ2v) is 5.74. The second kappa shape index (κ2) is 9.99. The molecule has 0 unspecified atom stereocenters. The first-order chi connectivity index (χ1) is 12.7. The van der Waals surface area contributed by atoms with Crippen molar-refractivity contribution in [3.05, 3.63) is 72.3 Å². The molecule has 0 aliphatic heterocycles. The molecule has 0 aromatic heterocycles. The average Bonchev–Trinajstić information content (AvgIpc) is 2.67. The van der Waals surface area contributed by atoms with Crippen molar-refractivity contribution in [3.8, 4) is 11.1 Å². The molecule has 0 heterocycles. The molecule has 3 aromatic carbocycles. The molecule has 0 saturated heterocycles. The number of hydrogen-bond donors (Lipinski definition) is 1. The molecule has 0 radical (unpaired) electrons. The van der Waals surface area contributed by atoms with Crippen LogP contribution in [0.4, 0.5) is 4.79 Å². The summed E-state index contributed by atoms with van der Waals surface area (Å²) in [6, 6.07) is 23.6. The van der Waals surface area contributed by atoms with E-state index in [1.807, 2.05) is 12.2 Å². The number of aryl methyl sites for hydroxylation is 1. The van der Waals surface area contributed by atoms with E-state index in [2.05, 4.69) is 78.4 Å². The molecule has 3 rings (SSSR count). The zero-order valence-corrected chi connectivity index (χ0v) is 15.1. The van der Waals surface area contributed by atoms with E-state index in [0.717, 1.165) is 6.42 Å². The van der Waals surface area contributed by atoms with E-state index < -0.39 is 6.09 Å². The summed E-state index contributed by atoms with van der Waals surface area (Å²) < 4.78 is 4.45. The van der Waals surface area contributed by atoms with Crippen molar-refractivity contribution < 1.29 is 14.3 Å². The Morgan fingerprint density at radius 2 is 1.62 bits per heavy atom. The van der Waals surface area contributed by atoms with Crippen LogP contribution in [-0.4, -0.2) is 19.1 Å². The quantitative estimate of drug-likeness (QED) is 0.667. The van der Waals surface area contributed by atoms with Gasteiger partial charge in [0.2, 0.25) is 6.41 Å². The minimum absolute atomic E-state index is 0.290. The van der Waals surface area contributed by atoms with E-state index in [1.54, 1.807) is 0 Å². The Bertz CT molecular complexity index is 869. The Kier molecular flexibility index (Phi) is 7.37. The molecule has 134 valence electrons. The first-order valence-corrected chi connectivity index (χ1v) is 8.58. The zero-order chi connectivity index (χ0) is 18.8. The van der Waals surface area contributed by atoms with E-state index in [4.69, 9.17) is 0 Å². The standard InChI is InChI=1S/C17H14.C5H9NO3/c1-13-7-2-4-10-15(13)17-12-6-9-14-8-3-5-11-16(14)17;1-2-3-9-5(8)6-4-7/h2-12H,1H3;4H,2-3H2,1H3,(H,6,7,8). The van der Waals surface area contributed by atoms with Gasteiger partial charge in [-0.3, -0.25) is 10.1 Å². The normalized spacial score (nSPS) is 9.77. The summed E-state index contributed by atoms with van der Waals surface area (Å²) in [5, 5.41) is 4.46. The topological polar surface area (TPSA) is 55.4 Å². The van der Waals surface area contributed by atoms with Crippen molar-refractivity contribution in [1.29, 1.82) is 0 Å². The summed E-state index contributed by atoms with van der Waals surface area (Å²) in [6.07, 6.45) is 0.358. The van der Waals surface area contributed by atoms with Crippen molar-refractivity contribution in [1.82, 2.24) is 5.32 Å². The van der Waals surface area contributed by atoms with Gasteiger partial charge in [0.15, 0.2) is 0 Å². The highest BCUT2D eigenvalue weighted by atomic mass is 16.5. The number of ether oxygens (including phenoxy) is 1. The van der Waals surface area contributed by atoms with E-state index in [0.29, 0.717) is 6.61 Å². The van der Waals surface area contributed by atoms with Gasteiger partial charge in [0.1, 0.15) is 0 Å². The largest absolute Gasteiger partial charge is 0.449 e. The molecule has 0 spiro atoms. The van der Waals surface area contributed by atoms with Crippen LogP contribution in [0.2, 0.25) is 0 Å². The highest BCUT2D eigenvalue weighted by Crippen LogP contribution is 2.30. The lowest BCUT2D eigenvalue weighted by Gasteiger charge is -2.09. The maximum Gasteiger partial charge on any atom is 0.413 e. The maximum atomic E-state index is 10.2. The number of nitrogens with one attached hydrogen (secondary N) is 1. The lowest BCUT2D eigenvalue weighted by Crippen LogP contribution is -2.22. The molecule has 4 heteroatoms. The smallest absolute Gasteiger partial charge is 0.413 e. The van der Waals surface area contributed by atoms with E-state index in [9.17, 15) is 9.59 Å². The fraction of sp³-hybridized carbons (Fsp3) is 0.182. The van der Waals surface area contributed by atoms with Crippen LogP contribution in [-0.2, 0) is 9.53 Å². The number of amides is 2. The summed E-state index contributed by atoms with van der Waals surface area (Å²) in [4.78, 5) is 19.8. The van der Waals surface area contributed by atoms with Gasteiger partial charge in [-0.1, -0.05) is 73.7 Å². The van der Waals surface area contributed by atoms with Gasteiger partial charge in [-0.2, -0.15) is 0 Å². The Morgan fingerprint density at radius 3 is 2.35 bits per heavy atom. The third-order valence-corrected chi connectivity index (χ3v) is 3.84. The number of benzene rings is 3. The van der Waals surface area contributed by atoms with Crippen molar-refractivity contribution in [2.24, 2.45) is 0 Å². The van der Waals surface area contributed by atoms with Gasteiger partial charge in [0.25, 0.3) is 0 Å². The number of carbonyl (C=O) groups excluding carboxylic acids is 2. The first kappa shape index (κ1) is 19.2. The molecule has 26 heavy (non-hydrogen) atoms. The summed E-state index contributed by atoms with van der Waals surface area (Å²) in [7, 11) is 0. The van der Waals surface area contributed by atoms with Crippen molar-refractivity contribution in [2.45, 2.75) is 20.3 Å². The lowest BCUT2D eigenvalue weighted by atomic mass is 9.95. The van der Waals surface area contributed by atoms with Crippen LogP contribution < -0.4 is 5.32 Å². The van der Waals surface area contributed by atoms with Gasteiger partial charge in [-0.15, -0.1) is 0 Å². The molecule has 0 saturated carbocycles. The van der Waals surface area contributed by atoms with Gasteiger partial charge in [-0.25, -0.2) is 4.79 Å². The van der Waals surface area contributed by atoms with Crippen LogP contribution in [0.15, 0.2) is 66.7 Å². The summed E-state index contributed by atoms with van der Waals surface area (Å²) in [5.41, 5.74) is 3.97. The second-order valence-electron chi connectivity index (χ2n) is 5.74. The van der Waals surface area contributed by atoms with E-state index in [1.165, 1.54) is 27.5 Å². The molecule has 0 fully saturated rings. The minimum Gasteiger partial charge on any atom is -0.449 e. The molecular formula is C22H23NO3. The third-order valence-electron chi connectivity index (χ3n) is 3.84. The number of hydrogen-bond acceptors (Lipinski definition) is 3. The molecule has 0 aliphatic rings. The average molecular weight is 349 g/mol. The third kappa shape index (κ3) is 5.18. The van der Waals surface area contributed by atoms with Gasteiger partial charge < -0.3 is 4.74 Å². The molecule has 2 amide bonds. The number of fused-ring (bicyclic) bond motifs is 1. The van der Waals surface area contributed by atoms with Crippen LogP contribution in [0.5, 0.6) is 0 Å². The fourth-order valence-electron chi connectivity index (χ4n) is 2.62. The van der Waals surface area contributed by atoms with E-state index in [-0.39, 0.29) is 6.41 Å². The predicted molar refractivity (Wildman–Crippen MR) is 105 cm³/mol. The van der Waals surface area contributed by atoms with Crippen LogP contribution in [0.1, 0.15) is 18.9 Å². The fourth-order valence-corrected chi connectivity index (χ4v) is 2.62. The van der Waals surface area contributed by atoms with Crippen LogP contribution >= 0.6 is 0 Å². The first-order valence-electron chi connectivity index (χ1n) is 8.58.